The number of methoxy groups -OCH3 is 2. The number of benzene rings is 3. The van der Waals surface area contributed by atoms with Crippen LogP contribution in [-0.2, 0) is 0 Å². The Morgan fingerprint density at radius 1 is 0.920 bits per heavy atom. The molecule has 6 nitrogen and oxygen atoms in total. The van der Waals surface area contributed by atoms with Gasteiger partial charge in [0.2, 0.25) is 0 Å². The molecule has 3 rings (SSSR count). The van der Waals surface area contributed by atoms with Gasteiger partial charge in [0.25, 0.3) is 0 Å². The predicted molar refractivity (Wildman–Crippen MR) is 97.8 cm³/mol. The van der Waals surface area contributed by atoms with Gasteiger partial charge in [0.05, 0.1) is 25.6 Å². The fraction of sp³-hybridized carbons (Fsp3) is 0.105. The second-order valence-corrected chi connectivity index (χ2v) is 5.36. The number of nitrogens with one attached hydrogen (secondary N) is 2. The Bertz CT molecular complexity index is 924. The summed E-state index contributed by atoms with van der Waals surface area (Å²) >= 11 is 0. The van der Waals surface area contributed by atoms with Gasteiger partial charge in [-0.25, -0.2) is 4.79 Å². The summed E-state index contributed by atoms with van der Waals surface area (Å²) in [6, 6.07) is 15.2. The Hall–Kier alpha value is -3.41. The number of fused-ring (bicyclic) bond motifs is 1. The van der Waals surface area contributed by atoms with Crippen LogP contribution in [-0.4, -0.2) is 25.4 Å². The van der Waals surface area contributed by atoms with Crippen LogP contribution >= 0.6 is 0 Å². The first kappa shape index (κ1) is 16.4. The van der Waals surface area contributed by atoms with Crippen molar-refractivity contribution in [3.63, 3.8) is 0 Å². The van der Waals surface area contributed by atoms with E-state index in [1.807, 2.05) is 12.1 Å². The molecule has 3 aromatic rings. The molecule has 0 heterocycles. The SMILES string of the molecule is COc1ccc(OC)c(NC(=O)Nc2cccc3cc(O)ccc23)c1. The highest BCUT2D eigenvalue weighted by molar-refractivity contribution is 6.06. The van der Waals surface area contributed by atoms with Crippen LogP contribution in [0.15, 0.2) is 54.6 Å². The van der Waals surface area contributed by atoms with E-state index in [0.29, 0.717) is 22.9 Å². The van der Waals surface area contributed by atoms with Crippen LogP contribution in [0.25, 0.3) is 10.8 Å². The van der Waals surface area contributed by atoms with Crippen LogP contribution in [0, 0.1) is 0 Å². The summed E-state index contributed by atoms with van der Waals surface area (Å²) in [6.07, 6.45) is 0. The summed E-state index contributed by atoms with van der Waals surface area (Å²) in [4.78, 5) is 12.4. The Labute approximate surface area is 145 Å². The molecular weight excluding hydrogens is 320 g/mol. The van der Waals surface area contributed by atoms with Gasteiger partial charge >= 0.3 is 6.03 Å². The van der Waals surface area contributed by atoms with Crippen LogP contribution in [0.5, 0.6) is 17.2 Å². The minimum Gasteiger partial charge on any atom is -0.508 e. The summed E-state index contributed by atoms with van der Waals surface area (Å²) < 4.78 is 10.4. The van der Waals surface area contributed by atoms with Crippen LogP contribution < -0.4 is 20.1 Å². The number of rotatable bonds is 4. The van der Waals surface area contributed by atoms with Gasteiger partial charge in [-0.05, 0) is 41.8 Å². The highest BCUT2D eigenvalue weighted by Gasteiger charge is 2.10. The quantitative estimate of drug-likeness (QED) is 0.666. The summed E-state index contributed by atoms with van der Waals surface area (Å²) in [6.45, 7) is 0. The molecule has 0 aliphatic heterocycles. The second-order valence-electron chi connectivity index (χ2n) is 5.36. The average molecular weight is 338 g/mol. The molecule has 2 amide bonds. The van der Waals surface area contributed by atoms with E-state index in [-0.39, 0.29) is 5.75 Å². The van der Waals surface area contributed by atoms with Crippen LogP contribution in [0.2, 0.25) is 0 Å². The maximum absolute atomic E-state index is 12.4. The fourth-order valence-corrected chi connectivity index (χ4v) is 2.57. The van der Waals surface area contributed by atoms with Crippen molar-refractivity contribution in [2.45, 2.75) is 0 Å². The molecule has 0 spiro atoms. The van der Waals surface area contributed by atoms with Crippen molar-refractivity contribution in [1.29, 1.82) is 0 Å². The minimum atomic E-state index is -0.410. The molecule has 0 aliphatic rings. The van der Waals surface area contributed by atoms with Crippen molar-refractivity contribution in [2.24, 2.45) is 0 Å². The number of hydrogen-bond donors (Lipinski definition) is 3. The number of phenols is 1. The van der Waals surface area contributed by atoms with E-state index < -0.39 is 6.03 Å². The zero-order valence-electron chi connectivity index (χ0n) is 13.9. The number of ether oxygens (including phenoxy) is 2. The maximum atomic E-state index is 12.4. The van der Waals surface area contributed by atoms with E-state index in [2.05, 4.69) is 10.6 Å². The smallest absolute Gasteiger partial charge is 0.323 e. The van der Waals surface area contributed by atoms with E-state index in [9.17, 15) is 9.90 Å². The van der Waals surface area contributed by atoms with Gasteiger partial charge in [-0.2, -0.15) is 0 Å². The van der Waals surface area contributed by atoms with Gasteiger partial charge in [0, 0.05) is 11.5 Å². The first-order valence-corrected chi connectivity index (χ1v) is 7.62. The zero-order valence-corrected chi connectivity index (χ0v) is 13.9. The molecule has 3 N–H and O–H groups in total. The summed E-state index contributed by atoms with van der Waals surface area (Å²) in [5.41, 5.74) is 1.13. The number of phenolic OH excluding ortho intramolecular Hbond substituents is 1. The van der Waals surface area contributed by atoms with Crippen LogP contribution in [0.4, 0.5) is 16.2 Å². The van der Waals surface area contributed by atoms with Gasteiger partial charge in [0.15, 0.2) is 0 Å². The lowest BCUT2D eigenvalue weighted by Crippen LogP contribution is -2.20. The van der Waals surface area contributed by atoms with Crippen LogP contribution in [0.3, 0.4) is 0 Å². The molecule has 0 radical (unpaired) electrons. The van der Waals surface area contributed by atoms with Crippen LogP contribution in [0.1, 0.15) is 0 Å². The molecule has 0 atom stereocenters. The van der Waals surface area contributed by atoms with Gasteiger partial charge in [-0.3, -0.25) is 0 Å². The molecule has 0 unspecified atom stereocenters. The third-order valence-electron chi connectivity index (χ3n) is 3.77. The molecule has 0 saturated carbocycles. The maximum Gasteiger partial charge on any atom is 0.323 e. The first-order chi connectivity index (χ1) is 12.1. The Balaban J connectivity index is 1.84. The first-order valence-electron chi connectivity index (χ1n) is 7.62. The van der Waals surface area contributed by atoms with Crippen molar-refractivity contribution in [3.05, 3.63) is 54.6 Å². The molecule has 0 aromatic heterocycles. The number of urea groups is 1. The summed E-state index contributed by atoms with van der Waals surface area (Å²) in [5.74, 6) is 1.31. The number of carbonyl (C=O) groups excluding carboxylic acids is 1. The van der Waals surface area contributed by atoms with Gasteiger partial charge in [0.1, 0.15) is 17.2 Å². The Morgan fingerprint density at radius 2 is 1.72 bits per heavy atom. The molecule has 0 aliphatic carbocycles. The number of hydrogen-bond acceptors (Lipinski definition) is 4. The number of anilines is 2. The monoisotopic (exact) mass is 338 g/mol. The van der Waals surface area contributed by atoms with Crippen molar-refractivity contribution in [1.82, 2.24) is 0 Å². The Kier molecular flexibility index (Phi) is 4.61. The lowest BCUT2D eigenvalue weighted by Gasteiger charge is -2.13. The lowest BCUT2D eigenvalue weighted by atomic mass is 10.1. The van der Waals surface area contributed by atoms with E-state index in [1.165, 1.54) is 7.11 Å². The number of aromatic hydroxyl groups is 1. The van der Waals surface area contributed by atoms with Crippen molar-refractivity contribution in [2.75, 3.05) is 24.9 Å². The predicted octanol–water partition coefficient (Wildman–Crippen LogP) is 4.21. The van der Waals surface area contributed by atoms with Gasteiger partial charge in [-0.15, -0.1) is 0 Å². The standard InChI is InChI=1S/C19H18N2O4/c1-24-14-7-9-18(25-2)17(11-14)21-19(23)20-16-5-3-4-12-10-13(22)6-8-15(12)16/h3-11,22H,1-2H3,(H2,20,21,23). The minimum absolute atomic E-state index is 0.176. The number of carbonyl (C=O) groups is 1. The average Bonchev–Trinajstić information content (AvgIpc) is 2.61. The van der Waals surface area contributed by atoms with E-state index in [0.717, 1.165) is 10.8 Å². The normalized spacial score (nSPS) is 10.3. The fourth-order valence-electron chi connectivity index (χ4n) is 2.57. The lowest BCUT2D eigenvalue weighted by molar-refractivity contribution is 0.262. The molecule has 0 saturated heterocycles. The molecular formula is C19H18N2O4. The highest BCUT2D eigenvalue weighted by atomic mass is 16.5. The van der Waals surface area contributed by atoms with E-state index in [1.54, 1.807) is 49.6 Å². The molecule has 0 bridgehead atoms. The third kappa shape index (κ3) is 3.58. The third-order valence-corrected chi connectivity index (χ3v) is 3.77. The number of amides is 2. The van der Waals surface area contributed by atoms with E-state index in [4.69, 9.17) is 9.47 Å². The summed E-state index contributed by atoms with van der Waals surface area (Å²) in [5, 5.41) is 16.8. The largest absolute Gasteiger partial charge is 0.508 e. The molecule has 128 valence electrons. The van der Waals surface area contributed by atoms with Gasteiger partial charge in [-0.1, -0.05) is 12.1 Å². The van der Waals surface area contributed by atoms with Crippen molar-refractivity contribution in [3.8, 4) is 17.2 Å². The Morgan fingerprint density at radius 3 is 2.48 bits per heavy atom. The molecule has 0 fully saturated rings. The van der Waals surface area contributed by atoms with E-state index >= 15 is 0 Å². The highest BCUT2D eigenvalue weighted by Crippen LogP contribution is 2.30. The molecule has 25 heavy (non-hydrogen) atoms. The topological polar surface area (TPSA) is 79.8 Å². The van der Waals surface area contributed by atoms with Gasteiger partial charge < -0.3 is 25.2 Å². The summed E-state index contributed by atoms with van der Waals surface area (Å²) in [7, 11) is 3.08. The molecule has 3 aromatic carbocycles. The molecule has 6 heteroatoms. The zero-order chi connectivity index (χ0) is 17.8. The second kappa shape index (κ2) is 7.00. The van der Waals surface area contributed by atoms with Crippen molar-refractivity contribution < 1.29 is 19.4 Å². The van der Waals surface area contributed by atoms with Crippen molar-refractivity contribution >= 4 is 28.2 Å².